The molecule has 2 heterocycles. The van der Waals surface area contributed by atoms with E-state index in [0.717, 1.165) is 17.7 Å². The Labute approximate surface area is 438 Å². The maximum absolute atomic E-state index is 13.1. The largest absolute Gasteiger partial charge is 3.00 e. The Morgan fingerprint density at radius 3 is 1.78 bits per heavy atom. The minimum atomic E-state index is -1.12. The van der Waals surface area contributed by atoms with Gasteiger partial charge in [-0.1, -0.05) is 18.6 Å². The van der Waals surface area contributed by atoms with Crippen LogP contribution < -0.4 is 35.5 Å². The molecule has 0 saturated carbocycles. The number of aliphatic carboxylic acids is 4. The standard InChI is InChI=1S/C50H70N8O14.Ga/c1-70-41-18-22-52-43(33-41)51-20-5-29-71-39-12-8-36(9-13-39)31-38(32-46(61)62)55-49(67)37-10-14-40(15-11-37)72-30-6-21-54-44(59)7-3-2-4-19-53-45(60)17-16-42(50(68)69)58-27-25-56(34-47(63)64)23-24-57(26-28-58)35-48(65)66;/h8-15,18,22,33,38,42H,2-7,16-17,19-21,23-32,34-35H2,1H3,(H,51,52)(H,53,60)(H,54,59)(H,55,67)(H,61,62)(H,63,64)(H,65,66)(H,68,69);/q;+3/t38-,42?;/m0./s1/i;1-2. The van der Waals surface area contributed by atoms with Crippen molar-refractivity contribution in [3.63, 3.8) is 0 Å². The molecule has 2 atom stereocenters. The SMILES string of the molecule is COc1ccnc(NCCCOc2ccc(C[C@@H](CC(=O)O)NC(=O)c3ccc(OCCCNC(=O)CCCCCNC(=O)CCC(C(=O)O)N4CCN(CC(=O)O)CCN(CC(=O)O)CC4)cc3)cc2)c1.[68Ga+3]. The van der Waals surface area contributed by atoms with Crippen molar-refractivity contribution in [3.8, 4) is 17.2 Å². The molecule has 0 spiro atoms. The fourth-order valence-corrected chi connectivity index (χ4v) is 7.86. The van der Waals surface area contributed by atoms with Crippen molar-refractivity contribution >= 4 is 67.2 Å². The van der Waals surface area contributed by atoms with E-state index in [1.807, 2.05) is 30.3 Å². The normalized spacial score (nSPS) is 14.1. The average Bonchev–Trinajstić information content (AvgIpc) is 3.43. The van der Waals surface area contributed by atoms with Gasteiger partial charge in [-0.2, -0.15) is 0 Å². The third kappa shape index (κ3) is 25.2. The number of rotatable bonds is 33. The van der Waals surface area contributed by atoms with Gasteiger partial charge < -0.3 is 55.9 Å². The van der Waals surface area contributed by atoms with E-state index in [4.69, 9.17) is 14.2 Å². The van der Waals surface area contributed by atoms with Crippen LogP contribution in [0.5, 0.6) is 17.2 Å². The number of carboxylic acids is 4. The number of benzene rings is 2. The number of hydrogen-bond acceptors (Lipinski definition) is 15. The van der Waals surface area contributed by atoms with Gasteiger partial charge >= 0.3 is 43.7 Å². The molecule has 2 aromatic carbocycles. The van der Waals surface area contributed by atoms with Crippen LogP contribution in [0.4, 0.5) is 5.82 Å². The topological polar surface area (TPSA) is 299 Å². The molecule has 8 N–H and O–H groups in total. The molecule has 1 unspecified atom stereocenters. The summed E-state index contributed by atoms with van der Waals surface area (Å²) in [6, 6.07) is 15.7. The summed E-state index contributed by atoms with van der Waals surface area (Å²) in [5.41, 5.74) is 1.18. The predicted molar refractivity (Wildman–Crippen MR) is 270 cm³/mol. The Bertz CT molecular complexity index is 2160. The molecule has 1 aliphatic rings. The molecule has 0 bridgehead atoms. The summed E-state index contributed by atoms with van der Waals surface area (Å²) in [7, 11) is 1.60. The quantitative estimate of drug-likeness (QED) is 0.0321. The summed E-state index contributed by atoms with van der Waals surface area (Å²) in [4.78, 5) is 94.0. The molecular formula is C50H70GaN8O14+3. The van der Waals surface area contributed by atoms with E-state index < -0.39 is 41.9 Å². The number of anilines is 1. The molecule has 73 heavy (non-hydrogen) atoms. The Balaban J connectivity index is 0.0000141. The second kappa shape index (κ2) is 34.1. The molecule has 0 radical (unpaired) electrons. The first-order chi connectivity index (χ1) is 34.7. The molecule has 3 aromatic rings. The molecule has 4 rings (SSSR count). The van der Waals surface area contributed by atoms with Crippen LogP contribution in [0.1, 0.15) is 73.7 Å². The van der Waals surface area contributed by atoms with Crippen LogP contribution in [-0.4, -0.2) is 206 Å². The molecule has 1 aromatic heterocycles. The summed E-state index contributed by atoms with van der Waals surface area (Å²) in [5, 5.41) is 49.9. The fraction of sp³-hybridized carbons (Fsp3) is 0.520. The third-order valence-electron chi connectivity index (χ3n) is 11.7. The van der Waals surface area contributed by atoms with E-state index in [1.165, 1.54) is 0 Å². The van der Waals surface area contributed by atoms with Gasteiger partial charge in [0.05, 0.1) is 39.8 Å². The molecule has 23 heteroatoms. The molecule has 1 fully saturated rings. The van der Waals surface area contributed by atoms with Crippen LogP contribution in [-0.2, 0) is 35.2 Å². The van der Waals surface area contributed by atoms with E-state index in [1.54, 1.807) is 58.3 Å². The number of carbonyl (C=O) groups excluding carboxylic acids is 3. The molecule has 0 aliphatic carbocycles. The maximum atomic E-state index is 13.1. The van der Waals surface area contributed by atoms with Crippen molar-refractivity contribution in [2.75, 3.05) is 97.6 Å². The van der Waals surface area contributed by atoms with Crippen molar-refractivity contribution in [1.82, 2.24) is 35.6 Å². The van der Waals surface area contributed by atoms with E-state index in [2.05, 4.69) is 26.3 Å². The number of ether oxygens (including phenoxy) is 3. The minimum absolute atomic E-state index is 0. The van der Waals surface area contributed by atoms with Gasteiger partial charge in [0.2, 0.25) is 11.8 Å². The summed E-state index contributed by atoms with van der Waals surface area (Å²) in [6.07, 6.45) is 5.18. The minimum Gasteiger partial charge on any atom is -0.497 e. The molecule has 3 amide bonds. The maximum Gasteiger partial charge on any atom is 3.00 e. The molecule has 22 nitrogen and oxygen atoms in total. The molecule has 1 saturated heterocycles. The van der Waals surface area contributed by atoms with Crippen LogP contribution >= 0.6 is 0 Å². The molecule has 394 valence electrons. The third-order valence-corrected chi connectivity index (χ3v) is 11.7. The van der Waals surface area contributed by atoms with Crippen LogP contribution in [0.15, 0.2) is 66.9 Å². The van der Waals surface area contributed by atoms with Crippen LogP contribution in [0.3, 0.4) is 0 Å². The summed E-state index contributed by atoms with van der Waals surface area (Å²) < 4.78 is 16.8. The van der Waals surface area contributed by atoms with Gasteiger partial charge in [-0.15, -0.1) is 0 Å². The number of methoxy groups -OCH3 is 1. The van der Waals surface area contributed by atoms with E-state index >= 15 is 0 Å². The Morgan fingerprint density at radius 1 is 0.644 bits per heavy atom. The van der Waals surface area contributed by atoms with Crippen molar-refractivity contribution < 1.29 is 68.2 Å². The van der Waals surface area contributed by atoms with Gasteiger partial charge in [0.15, 0.2) is 0 Å². The van der Waals surface area contributed by atoms with Crippen molar-refractivity contribution in [2.24, 2.45) is 0 Å². The summed E-state index contributed by atoms with van der Waals surface area (Å²) in [6.45, 7) is 3.38. The van der Waals surface area contributed by atoms with Crippen molar-refractivity contribution in [1.29, 1.82) is 0 Å². The molecular weight excluding hydrogens is 1000 g/mol. The van der Waals surface area contributed by atoms with Gasteiger partial charge in [-0.05, 0) is 86.6 Å². The number of nitrogens with zero attached hydrogens (tertiary/aromatic N) is 4. The zero-order valence-electron chi connectivity index (χ0n) is 41.5. The first kappa shape index (κ1) is 60.9. The predicted octanol–water partition coefficient (Wildman–Crippen LogP) is 2.29. The van der Waals surface area contributed by atoms with E-state index in [9.17, 15) is 54.0 Å². The second-order valence-corrected chi connectivity index (χ2v) is 17.3. The monoisotopic (exact) mass is 1070 g/mol. The van der Waals surface area contributed by atoms with Gasteiger partial charge in [0, 0.05) is 95.6 Å². The second-order valence-electron chi connectivity index (χ2n) is 17.3. The zero-order valence-corrected chi connectivity index (χ0v) is 43.9. The number of nitrogens with one attached hydrogen (secondary N) is 4. The number of aromatic nitrogens is 1. The van der Waals surface area contributed by atoms with Gasteiger partial charge in [-0.25, -0.2) is 4.98 Å². The first-order valence-electron chi connectivity index (χ1n) is 24.3. The Hall–Kier alpha value is -6.40. The number of unbranched alkanes of at least 4 members (excludes halogenated alkanes) is 2. The number of hydrogen-bond donors (Lipinski definition) is 8. The van der Waals surface area contributed by atoms with Crippen LogP contribution in [0, 0.1) is 0 Å². The smallest absolute Gasteiger partial charge is 0.497 e. The number of carbonyl (C=O) groups is 7. The Kier molecular flexibility index (Phi) is 28.4. The van der Waals surface area contributed by atoms with Crippen molar-refractivity contribution in [2.45, 2.75) is 76.3 Å². The first-order valence-corrected chi connectivity index (χ1v) is 24.3. The van der Waals surface area contributed by atoms with Crippen LogP contribution in [0.2, 0.25) is 0 Å². The van der Waals surface area contributed by atoms with Crippen molar-refractivity contribution in [3.05, 3.63) is 78.0 Å². The number of pyridine rings is 1. The summed E-state index contributed by atoms with van der Waals surface area (Å²) >= 11 is 0. The van der Waals surface area contributed by atoms with Gasteiger partial charge in [0.25, 0.3) is 5.91 Å². The zero-order chi connectivity index (χ0) is 52.1. The van der Waals surface area contributed by atoms with Gasteiger partial charge in [0.1, 0.15) is 29.1 Å². The number of carboxylic acid groups (broad SMARTS) is 4. The molecule has 1 aliphatic heterocycles. The van der Waals surface area contributed by atoms with Gasteiger partial charge in [-0.3, -0.25) is 48.3 Å². The summed E-state index contributed by atoms with van der Waals surface area (Å²) in [5.74, 6) is -2.44. The van der Waals surface area contributed by atoms with E-state index in [0.29, 0.717) is 107 Å². The van der Waals surface area contributed by atoms with E-state index in [-0.39, 0.29) is 90.1 Å². The average molecular weight is 1080 g/mol. The fourth-order valence-electron chi connectivity index (χ4n) is 7.86. The number of amides is 3. The van der Waals surface area contributed by atoms with Crippen LogP contribution in [0.25, 0.3) is 0 Å². The Morgan fingerprint density at radius 2 is 1.21 bits per heavy atom.